The van der Waals surface area contributed by atoms with Crippen LogP contribution in [0.3, 0.4) is 0 Å². The first kappa shape index (κ1) is 5.96. The molecule has 2 unspecified atom stereocenters. The van der Waals surface area contributed by atoms with Crippen LogP contribution in [-0.2, 0) is 0 Å². The van der Waals surface area contributed by atoms with Crippen molar-refractivity contribution in [1.82, 2.24) is 0 Å². The molecular weight excluding hydrogens is 76.1 g/mol. The normalized spacial score (nSPS) is 15.5. The van der Waals surface area contributed by atoms with Crippen molar-refractivity contribution in [1.29, 1.82) is 0 Å². The Morgan fingerprint density at radius 2 is 1.67 bits per heavy atom. The lowest BCUT2D eigenvalue weighted by Gasteiger charge is -2.04. The fourth-order valence-corrected chi connectivity index (χ4v) is 0. The fraction of sp³-hybridized carbons (Fsp3) is 0.600. The third-order valence-electron chi connectivity index (χ3n) is 0.657. The van der Waals surface area contributed by atoms with Gasteiger partial charge in [-0.3, -0.25) is 0 Å². The van der Waals surface area contributed by atoms with Crippen LogP contribution in [0.1, 0.15) is 6.92 Å². The first-order chi connectivity index (χ1) is 2.64. The van der Waals surface area contributed by atoms with E-state index in [4.69, 9.17) is 5.11 Å². The summed E-state index contributed by atoms with van der Waals surface area (Å²) >= 11 is 0. The lowest BCUT2D eigenvalue weighted by atomic mass is 10.1. The average molecular weight is 86.1 g/mol. The highest BCUT2D eigenvalue weighted by atomic mass is 16.3. The third-order valence-corrected chi connectivity index (χ3v) is 0.657. The topological polar surface area (TPSA) is 20.2 Å². The summed E-state index contributed by atoms with van der Waals surface area (Å²) in [5.41, 5.74) is 0. The summed E-state index contributed by atoms with van der Waals surface area (Å²) in [6.07, 6.45) is -0.509. The molecule has 0 bridgehead atoms. The van der Waals surface area contributed by atoms with Crippen LogP contribution in [0, 0.1) is 19.8 Å². The Morgan fingerprint density at radius 3 is 1.67 bits per heavy atom. The van der Waals surface area contributed by atoms with E-state index in [0.29, 0.717) is 0 Å². The highest BCUT2D eigenvalue weighted by molar-refractivity contribution is 4.66. The zero-order chi connectivity index (χ0) is 5.15. The van der Waals surface area contributed by atoms with Gasteiger partial charge in [0.2, 0.25) is 0 Å². The largest absolute Gasteiger partial charge is 0.393 e. The maximum absolute atomic E-state index is 8.46. The van der Waals surface area contributed by atoms with Gasteiger partial charge in [0, 0.05) is 0 Å². The number of hydrogen-bond acceptors (Lipinski definition) is 1. The molecule has 0 aliphatic carbocycles. The summed E-state index contributed by atoms with van der Waals surface area (Å²) in [7, 11) is 0. The van der Waals surface area contributed by atoms with Gasteiger partial charge in [-0.25, -0.2) is 0 Å². The molecule has 0 saturated heterocycles. The molecule has 2 radical (unpaired) electrons. The highest BCUT2D eigenvalue weighted by Crippen LogP contribution is 1.95. The van der Waals surface area contributed by atoms with Crippen LogP contribution >= 0.6 is 0 Å². The average Bonchev–Trinajstić information content (AvgIpc) is 1.36. The molecule has 0 fully saturated rings. The molecule has 0 aromatic rings. The molecule has 0 saturated carbocycles. The van der Waals surface area contributed by atoms with Crippen LogP contribution in [0.15, 0.2) is 0 Å². The standard InChI is InChI=1S/C5H10O/c1-4(2)5(3)6/h4-6H,1,3H2,2H3. The van der Waals surface area contributed by atoms with Crippen LogP contribution in [0.2, 0.25) is 0 Å². The minimum absolute atomic E-state index is 0.0463. The molecule has 1 nitrogen and oxygen atoms in total. The van der Waals surface area contributed by atoms with E-state index < -0.39 is 6.10 Å². The molecule has 6 heavy (non-hydrogen) atoms. The number of aliphatic hydroxyl groups is 1. The van der Waals surface area contributed by atoms with Crippen molar-refractivity contribution in [3.63, 3.8) is 0 Å². The van der Waals surface area contributed by atoms with Crippen molar-refractivity contribution in [3.05, 3.63) is 13.8 Å². The second kappa shape index (κ2) is 2.19. The Morgan fingerprint density at radius 1 is 1.50 bits per heavy atom. The molecule has 0 spiro atoms. The Balaban J connectivity index is 2.99. The summed E-state index contributed by atoms with van der Waals surface area (Å²) in [5, 5.41) is 8.46. The van der Waals surface area contributed by atoms with Gasteiger partial charge in [0.15, 0.2) is 0 Å². The van der Waals surface area contributed by atoms with Crippen molar-refractivity contribution >= 4 is 0 Å². The van der Waals surface area contributed by atoms with Crippen molar-refractivity contribution in [2.45, 2.75) is 13.0 Å². The quantitative estimate of drug-likeness (QED) is 0.496. The molecular formula is C5H10O. The molecule has 2 atom stereocenters. The molecule has 0 aromatic heterocycles. The van der Waals surface area contributed by atoms with Gasteiger partial charge >= 0.3 is 0 Å². The van der Waals surface area contributed by atoms with Crippen molar-refractivity contribution in [2.24, 2.45) is 5.92 Å². The molecule has 0 aromatic carbocycles. The van der Waals surface area contributed by atoms with E-state index in [1.807, 2.05) is 6.92 Å². The van der Waals surface area contributed by atoms with Gasteiger partial charge < -0.3 is 5.11 Å². The Bertz CT molecular complexity index is 24.9. The van der Waals surface area contributed by atoms with Gasteiger partial charge in [0.05, 0.1) is 6.10 Å². The Kier molecular flexibility index (Phi) is 2.18. The van der Waals surface area contributed by atoms with Gasteiger partial charge in [0.1, 0.15) is 0 Å². The Labute approximate surface area is 39.0 Å². The molecule has 1 heteroatoms. The van der Waals surface area contributed by atoms with Crippen molar-refractivity contribution in [3.8, 4) is 0 Å². The zero-order valence-corrected chi connectivity index (χ0v) is 4.02. The monoisotopic (exact) mass is 86.1 g/mol. The third kappa shape index (κ3) is 2.21. The van der Waals surface area contributed by atoms with Gasteiger partial charge in [-0.15, -0.1) is 0 Å². The van der Waals surface area contributed by atoms with E-state index in [-0.39, 0.29) is 5.92 Å². The molecule has 1 N–H and O–H groups in total. The predicted molar refractivity (Wildman–Crippen MR) is 25.9 cm³/mol. The fourth-order valence-electron chi connectivity index (χ4n) is 0. The van der Waals surface area contributed by atoms with E-state index in [0.717, 1.165) is 0 Å². The minimum atomic E-state index is -0.509. The molecule has 0 aliphatic heterocycles. The van der Waals surface area contributed by atoms with Crippen LogP contribution in [0.4, 0.5) is 0 Å². The summed E-state index contributed by atoms with van der Waals surface area (Å²) in [5.74, 6) is 0.0463. The van der Waals surface area contributed by atoms with Gasteiger partial charge in [0.25, 0.3) is 0 Å². The molecule has 0 amide bonds. The maximum Gasteiger partial charge on any atom is 0.0566 e. The van der Waals surface area contributed by atoms with Crippen LogP contribution < -0.4 is 0 Å². The maximum atomic E-state index is 8.46. The van der Waals surface area contributed by atoms with E-state index in [1.165, 1.54) is 0 Å². The highest BCUT2D eigenvalue weighted by Gasteiger charge is 1.98. The number of aliphatic hydroxyl groups excluding tert-OH is 1. The van der Waals surface area contributed by atoms with Crippen LogP contribution in [0.25, 0.3) is 0 Å². The van der Waals surface area contributed by atoms with E-state index in [1.54, 1.807) is 0 Å². The van der Waals surface area contributed by atoms with Gasteiger partial charge in [-0.2, -0.15) is 0 Å². The Hall–Kier alpha value is -0.0400. The summed E-state index contributed by atoms with van der Waals surface area (Å²) in [6.45, 7) is 8.67. The van der Waals surface area contributed by atoms with E-state index >= 15 is 0 Å². The lowest BCUT2D eigenvalue weighted by Crippen LogP contribution is -2.08. The van der Waals surface area contributed by atoms with Gasteiger partial charge in [-0.1, -0.05) is 6.92 Å². The van der Waals surface area contributed by atoms with Crippen molar-refractivity contribution < 1.29 is 5.11 Å². The van der Waals surface area contributed by atoms with Crippen molar-refractivity contribution in [2.75, 3.05) is 0 Å². The lowest BCUT2D eigenvalue weighted by molar-refractivity contribution is 0.181. The second-order valence-corrected chi connectivity index (χ2v) is 1.54. The molecule has 0 heterocycles. The first-order valence-electron chi connectivity index (χ1n) is 1.99. The van der Waals surface area contributed by atoms with E-state index in [9.17, 15) is 0 Å². The van der Waals surface area contributed by atoms with Gasteiger partial charge in [-0.05, 0) is 19.8 Å². The second-order valence-electron chi connectivity index (χ2n) is 1.54. The molecule has 0 aliphatic rings. The number of hydrogen-bond donors (Lipinski definition) is 1. The summed E-state index contributed by atoms with van der Waals surface area (Å²) in [6, 6.07) is 0. The van der Waals surface area contributed by atoms with E-state index in [2.05, 4.69) is 13.8 Å². The summed E-state index contributed by atoms with van der Waals surface area (Å²) < 4.78 is 0. The minimum Gasteiger partial charge on any atom is -0.393 e. The smallest absolute Gasteiger partial charge is 0.0566 e. The number of rotatable bonds is 1. The SMILES string of the molecule is [CH2]C(C)C([CH2])O. The predicted octanol–water partition coefficient (Wildman–Crippen LogP) is 0.652. The van der Waals surface area contributed by atoms with Crippen LogP contribution in [0.5, 0.6) is 0 Å². The molecule has 36 valence electrons. The summed E-state index contributed by atoms with van der Waals surface area (Å²) in [4.78, 5) is 0. The van der Waals surface area contributed by atoms with Crippen LogP contribution in [-0.4, -0.2) is 11.2 Å². The first-order valence-corrected chi connectivity index (χ1v) is 1.99. The molecule has 0 rings (SSSR count). The zero-order valence-electron chi connectivity index (χ0n) is 4.02.